The molecular formula is C23H29NO4. The average molecular weight is 383 g/mol. The number of Topliss-reactive ketones (excluding diaryl/α,β-unsaturated/α-hetero) is 1. The third-order valence-electron chi connectivity index (χ3n) is 5.85. The molecule has 3 rings (SSSR count). The van der Waals surface area contributed by atoms with E-state index >= 15 is 0 Å². The summed E-state index contributed by atoms with van der Waals surface area (Å²) in [6.07, 6.45) is 6.75. The maximum Gasteiger partial charge on any atom is 0.240 e. The number of methoxy groups -OCH3 is 2. The zero-order valence-electron chi connectivity index (χ0n) is 16.8. The van der Waals surface area contributed by atoms with Crippen molar-refractivity contribution < 1.29 is 19.1 Å². The summed E-state index contributed by atoms with van der Waals surface area (Å²) in [4.78, 5) is 28.5. The lowest BCUT2D eigenvalue weighted by atomic mass is 9.70. The van der Waals surface area contributed by atoms with Crippen molar-refractivity contribution in [1.29, 1.82) is 0 Å². The quantitative estimate of drug-likeness (QED) is 0.533. The predicted octanol–water partition coefficient (Wildman–Crippen LogP) is 3.64. The molecule has 1 aliphatic carbocycles. The van der Waals surface area contributed by atoms with Gasteiger partial charge in [-0.15, -0.1) is 6.58 Å². The molecule has 1 saturated heterocycles. The number of ether oxygens (including phenoxy) is 2. The number of hydrogen-bond donors (Lipinski definition) is 0. The molecule has 0 radical (unpaired) electrons. The standard InChI is InChI=1S/C23H29NO4/c1-4-13-23(22(26)24-14-5-6-19(24)16-27-2)15-18(9-12-21(23)25)17-7-10-20(28-3)11-8-17/h4,7-8,10-11,15,19H,1,5-6,9,12-14,16H2,2-3H3/t19-,23+/m0/s1. The fourth-order valence-electron chi connectivity index (χ4n) is 4.35. The maximum absolute atomic E-state index is 13.6. The molecule has 1 aliphatic heterocycles. The molecule has 1 amide bonds. The molecule has 0 N–H and O–H groups in total. The van der Waals surface area contributed by atoms with Crippen molar-refractivity contribution >= 4 is 17.3 Å². The molecule has 2 aliphatic rings. The van der Waals surface area contributed by atoms with Crippen LogP contribution >= 0.6 is 0 Å². The van der Waals surface area contributed by atoms with Gasteiger partial charge in [0.15, 0.2) is 5.78 Å². The Balaban J connectivity index is 1.99. The van der Waals surface area contributed by atoms with Crippen LogP contribution in [0.15, 0.2) is 43.0 Å². The summed E-state index contributed by atoms with van der Waals surface area (Å²) >= 11 is 0. The largest absolute Gasteiger partial charge is 0.497 e. The molecule has 5 heteroatoms. The van der Waals surface area contributed by atoms with Gasteiger partial charge in [0.1, 0.15) is 11.2 Å². The minimum atomic E-state index is -1.16. The van der Waals surface area contributed by atoms with Gasteiger partial charge in [0, 0.05) is 20.1 Å². The van der Waals surface area contributed by atoms with Crippen LogP contribution in [0.25, 0.3) is 5.57 Å². The van der Waals surface area contributed by atoms with Gasteiger partial charge in [-0.3, -0.25) is 9.59 Å². The summed E-state index contributed by atoms with van der Waals surface area (Å²) in [6.45, 7) is 5.00. The molecule has 1 heterocycles. The lowest BCUT2D eigenvalue weighted by Gasteiger charge is -2.37. The summed E-state index contributed by atoms with van der Waals surface area (Å²) in [5, 5.41) is 0. The zero-order valence-corrected chi connectivity index (χ0v) is 16.8. The van der Waals surface area contributed by atoms with E-state index in [1.54, 1.807) is 20.3 Å². The van der Waals surface area contributed by atoms with E-state index in [0.717, 1.165) is 29.7 Å². The van der Waals surface area contributed by atoms with Gasteiger partial charge in [-0.25, -0.2) is 0 Å². The molecule has 0 spiro atoms. The van der Waals surface area contributed by atoms with Gasteiger partial charge >= 0.3 is 0 Å². The molecule has 0 bridgehead atoms. The Morgan fingerprint density at radius 2 is 2.04 bits per heavy atom. The molecule has 1 fully saturated rings. The zero-order chi connectivity index (χ0) is 20.1. The molecule has 150 valence electrons. The number of carbonyl (C=O) groups excluding carboxylic acids is 2. The Morgan fingerprint density at radius 3 is 2.68 bits per heavy atom. The van der Waals surface area contributed by atoms with Gasteiger partial charge in [0.25, 0.3) is 0 Å². The third kappa shape index (κ3) is 3.76. The van der Waals surface area contributed by atoms with E-state index < -0.39 is 5.41 Å². The fraction of sp³-hybridized carbons (Fsp3) is 0.478. The van der Waals surface area contributed by atoms with Crippen LogP contribution in [0.3, 0.4) is 0 Å². The van der Waals surface area contributed by atoms with E-state index in [2.05, 4.69) is 6.58 Å². The van der Waals surface area contributed by atoms with Crippen LogP contribution in [0.5, 0.6) is 5.75 Å². The van der Waals surface area contributed by atoms with Crippen LogP contribution in [-0.4, -0.2) is 50.0 Å². The van der Waals surface area contributed by atoms with E-state index in [9.17, 15) is 9.59 Å². The SMILES string of the molecule is C=CC[C@@]1(C(=O)N2CCC[C@H]2COC)C=C(c2ccc(OC)cc2)CCC1=O. The number of nitrogens with zero attached hydrogens (tertiary/aromatic N) is 1. The Bertz CT molecular complexity index is 767. The second kappa shape index (κ2) is 8.74. The van der Waals surface area contributed by atoms with E-state index in [-0.39, 0.29) is 17.7 Å². The van der Waals surface area contributed by atoms with Crippen molar-refractivity contribution in [2.75, 3.05) is 27.4 Å². The molecular weight excluding hydrogens is 354 g/mol. The smallest absolute Gasteiger partial charge is 0.240 e. The molecule has 0 unspecified atom stereocenters. The van der Waals surface area contributed by atoms with E-state index in [0.29, 0.717) is 32.4 Å². The summed E-state index contributed by atoms with van der Waals surface area (Å²) in [7, 11) is 3.28. The maximum atomic E-state index is 13.6. The van der Waals surface area contributed by atoms with Gasteiger partial charge < -0.3 is 14.4 Å². The number of rotatable bonds is 7. The molecule has 2 atom stereocenters. The first kappa shape index (κ1) is 20.3. The number of hydrogen-bond acceptors (Lipinski definition) is 4. The predicted molar refractivity (Wildman–Crippen MR) is 109 cm³/mol. The van der Waals surface area contributed by atoms with Crippen LogP contribution in [-0.2, 0) is 14.3 Å². The number of benzene rings is 1. The van der Waals surface area contributed by atoms with Crippen molar-refractivity contribution in [2.45, 2.75) is 38.1 Å². The highest BCUT2D eigenvalue weighted by atomic mass is 16.5. The van der Waals surface area contributed by atoms with Crippen LogP contribution in [0.2, 0.25) is 0 Å². The van der Waals surface area contributed by atoms with Crippen molar-refractivity contribution in [3.8, 4) is 5.75 Å². The Morgan fingerprint density at radius 1 is 1.29 bits per heavy atom. The van der Waals surface area contributed by atoms with Gasteiger partial charge in [-0.2, -0.15) is 0 Å². The second-order valence-corrected chi connectivity index (χ2v) is 7.54. The fourth-order valence-corrected chi connectivity index (χ4v) is 4.35. The summed E-state index contributed by atoms with van der Waals surface area (Å²) < 4.78 is 10.5. The number of ketones is 1. The molecule has 1 aromatic rings. The number of allylic oxidation sites excluding steroid dienone is 2. The van der Waals surface area contributed by atoms with Crippen LogP contribution in [0.1, 0.15) is 37.7 Å². The number of likely N-dealkylation sites (tertiary alicyclic amines) is 1. The Hall–Kier alpha value is -2.40. The molecule has 0 saturated carbocycles. The van der Waals surface area contributed by atoms with E-state index in [1.807, 2.05) is 35.2 Å². The lowest BCUT2D eigenvalue weighted by Crippen LogP contribution is -2.51. The monoisotopic (exact) mass is 383 g/mol. The molecule has 5 nitrogen and oxygen atoms in total. The molecule has 1 aromatic carbocycles. The second-order valence-electron chi connectivity index (χ2n) is 7.54. The number of amides is 1. The van der Waals surface area contributed by atoms with Crippen molar-refractivity contribution in [3.05, 3.63) is 48.6 Å². The molecule has 28 heavy (non-hydrogen) atoms. The Kier molecular flexibility index (Phi) is 6.35. The normalized spacial score (nSPS) is 24.8. The summed E-state index contributed by atoms with van der Waals surface area (Å²) in [5.74, 6) is 0.657. The first-order valence-electron chi connectivity index (χ1n) is 9.86. The van der Waals surface area contributed by atoms with Crippen LogP contribution in [0, 0.1) is 5.41 Å². The van der Waals surface area contributed by atoms with Crippen molar-refractivity contribution in [1.82, 2.24) is 4.90 Å². The highest BCUT2D eigenvalue weighted by Crippen LogP contribution is 2.41. The highest BCUT2D eigenvalue weighted by molar-refractivity contribution is 6.11. The van der Waals surface area contributed by atoms with Gasteiger partial charge in [0.2, 0.25) is 5.91 Å². The minimum absolute atomic E-state index is 0.0160. The van der Waals surface area contributed by atoms with Crippen molar-refractivity contribution in [3.63, 3.8) is 0 Å². The molecule has 0 aromatic heterocycles. The topological polar surface area (TPSA) is 55.8 Å². The van der Waals surface area contributed by atoms with Crippen molar-refractivity contribution in [2.24, 2.45) is 5.41 Å². The summed E-state index contributed by atoms with van der Waals surface area (Å²) in [6, 6.07) is 7.80. The van der Waals surface area contributed by atoms with Gasteiger partial charge in [-0.1, -0.05) is 24.3 Å². The first-order valence-corrected chi connectivity index (χ1v) is 9.86. The highest BCUT2D eigenvalue weighted by Gasteiger charge is 2.48. The van der Waals surface area contributed by atoms with Gasteiger partial charge in [0.05, 0.1) is 19.8 Å². The van der Waals surface area contributed by atoms with Crippen LogP contribution in [0.4, 0.5) is 0 Å². The lowest BCUT2D eigenvalue weighted by molar-refractivity contribution is -0.148. The average Bonchev–Trinajstić information content (AvgIpc) is 3.18. The van der Waals surface area contributed by atoms with Gasteiger partial charge in [-0.05, 0) is 49.0 Å². The summed E-state index contributed by atoms with van der Waals surface area (Å²) in [5.41, 5.74) is 0.885. The van der Waals surface area contributed by atoms with E-state index in [1.165, 1.54) is 0 Å². The number of carbonyl (C=O) groups is 2. The minimum Gasteiger partial charge on any atom is -0.497 e. The third-order valence-corrected chi connectivity index (χ3v) is 5.85. The Labute approximate surface area is 167 Å². The van der Waals surface area contributed by atoms with E-state index in [4.69, 9.17) is 9.47 Å². The first-order chi connectivity index (χ1) is 13.6. The van der Waals surface area contributed by atoms with Crippen LogP contribution < -0.4 is 4.74 Å².